The van der Waals surface area contributed by atoms with Gasteiger partial charge in [0.25, 0.3) is 0 Å². The summed E-state index contributed by atoms with van der Waals surface area (Å²) < 4.78 is 12.1. The number of methoxy groups -OCH3 is 1. The van der Waals surface area contributed by atoms with Gasteiger partial charge in [0.05, 0.1) is 31.2 Å². The molecule has 3 aliphatic heterocycles. The first-order valence-electron chi connectivity index (χ1n) is 16.4. The van der Waals surface area contributed by atoms with Gasteiger partial charge in [-0.05, 0) is 72.9 Å². The molecule has 2 aromatic rings. The molecule has 234 valence electrons. The van der Waals surface area contributed by atoms with E-state index in [1.807, 2.05) is 18.2 Å². The normalized spacial score (nSPS) is 26.4. The Morgan fingerprint density at radius 1 is 1.02 bits per heavy atom. The van der Waals surface area contributed by atoms with E-state index < -0.39 is 0 Å². The maximum absolute atomic E-state index is 14.1. The van der Waals surface area contributed by atoms with Crippen LogP contribution in [0.3, 0.4) is 0 Å². The highest BCUT2D eigenvalue weighted by atomic mass is 16.5. The lowest BCUT2D eigenvalue weighted by atomic mass is 9.69. The van der Waals surface area contributed by atoms with E-state index in [0.717, 1.165) is 69.3 Å². The maximum atomic E-state index is 14.1. The van der Waals surface area contributed by atoms with Crippen molar-refractivity contribution >= 4 is 17.9 Å². The number of allylic oxidation sites excluding steroid dienone is 1. The van der Waals surface area contributed by atoms with Gasteiger partial charge in [0.15, 0.2) is 0 Å². The summed E-state index contributed by atoms with van der Waals surface area (Å²) in [7, 11) is 1.70. The van der Waals surface area contributed by atoms with Crippen LogP contribution in [-0.2, 0) is 25.6 Å². The Balaban J connectivity index is 1.14. The summed E-state index contributed by atoms with van der Waals surface area (Å²) in [6, 6.07) is 17.8. The quantitative estimate of drug-likeness (QED) is 0.253. The molecule has 3 heterocycles. The maximum Gasteiger partial charge on any atom is 0.234 e. The molecule has 0 bridgehead atoms. The minimum absolute atomic E-state index is 0.0110. The van der Waals surface area contributed by atoms with Gasteiger partial charge in [-0.25, -0.2) is 0 Å². The van der Waals surface area contributed by atoms with Crippen molar-refractivity contribution < 1.29 is 24.2 Å². The van der Waals surface area contributed by atoms with E-state index in [9.17, 15) is 14.7 Å². The van der Waals surface area contributed by atoms with Crippen molar-refractivity contribution in [3.8, 4) is 5.75 Å². The van der Waals surface area contributed by atoms with Crippen LogP contribution < -0.4 is 0 Å². The largest absolute Gasteiger partial charge is 0.508 e. The van der Waals surface area contributed by atoms with Gasteiger partial charge in [0.2, 0.25) is 11.8 Å². The Morgan fingerprint density at radius 3 is 2.55 bits per heavy atom. The van der Waals surface area contributed by atoms with E-state index in [4.69, 9.17) is 9.47 Å². The number of ether oxygens (including phenoxy) is 2. The van der Waals surface area contributed by atoms with Crippen LogP contribution in [-0.4, -0.2) is 72.3 Å². The molecule has 2 amide bonds. The van der Waals surface area contributed by atoms with Crippen molar-refractivity contribution in [3.63, 3.8) is 0 Å². The number of fused-ring (bicyclic) bond motifs is 3. The summed E-state index contributed by atoms with van der Waals surface area (Å²) in [6.45, 7) is 5.80. The van der Waals surface area contributed by atoms with Gasteiger partial charge in [0, 0.05) is 38.7 Å². The van der Waals surface area contributed by atoms with Gasteiger partial charge in [-0.2, -0.15) is 0 Å². The summed E-state index contributed by atoms with van der Waals surface area (Å²) in [5, 5.41) is 9.93. The highest BCUT2D eigenvalue weighted by molar-refractivity contribution is 6.06. The van der Waals surface area contributed by atoms with Crippen LogP contribution in [0.4, 0.5) is 0 Å². The molecule has 7 heteroatoms. The molecule has 1 aliphatic carbocycles. The number of imide groups is 1. The predicted molar refractivity (Wildman–Crippen MR) is 171 cm³/mol. The van der Waals surface area contributed by atoms with Crippen LogP contribution in [0.25, 0.3) is 6.08 Å². The van der Waals surface area contributed by atoms with Crippen molar-refractivity contribution in [3.05, 3.63) is 82.4 Å². The fourth-order valence-corrected chi connectivity index (χ4v) is 8.10. The molecule has 0 aromatic heterocycles. The molecule has 6 rings (SSSR count). The number of phenols is 1. The Kier molecular flexibility index (Phi) is 9.65. The molecule has 3 saturated heterocycles. The van der Waals surface area contributed by atoms with Crippen LogP contribution in [0.15, 0.2) is 71.3 Å². The molecule has 1 N–H and O–H groups in total. The SMILES string of the molecule is CCC/C(=C\c1cccc(O)c1)CC[C@H]1OC[C@H]2C1=C(COC)C[C@H]1C(=O)N(C3CCN(Cc4ccccc4)CC3)C(=O)[C@H]12. The first-order chi connectivity index (χ1) is 21.5. The lowest BCUT2D eigenvalue weighted by molar-refractivity contribution is -0.144. The van der Waals surface area contributed by atoms with Crippen LogP contribution in [0.5, 0.6) is 5.75 Å². The monoisotopic (exact) mass is 598 g/mol. The van der Waals surface area contributed by atoms with E-state index >= 15 is 0 Å². The summed E-state index contributed by atoms with van der Waals surface area (Å²) in [5.74, 6) is -0.411. The molecule has 0 unspecified atom stereocenters. The van der Waals surface area contributed by atoms with Crippen LogP contribution in [0.1, 0.15) is 63.0 Å². The first-order valence-corrected chi connectivity index (χ1v) is 16.4. The summed E-state index contributed by atoms with van der Waals surface area (Å²) in [6.07, 6.45) is 8.05. The van der Waals surface area contributed by atoms with Crippen LogP contribution >= 0.6 is 0 Å². The number of hydrogen-bond donors (Lipinski definition) is 1. The number of phenolic OH excluding ortho intramolecular Hbond substituents is 1. The standard InChI is InChI=1S/C37H46N2O5/c1-3-8-25(19-27-11-7-12-30(40)20-27)13-14-33-34-28(23-43-2)21-31-35(32(34)24-44-33)37(42)39(36(31)41)29-15-17-38(18-16-29)22-26-9-5-4-6-10-26/h4-7,9-12,19-20,29,31-33,35,40H,3,8,13-18,21-24H2,1-2H3/b25-19+/t31-,32+,33-,35-/m1/s1. The first kappa shape index (κ1) is 30.8. The summed E-state index contributed by atoms with van der Waals surface area (Å²) in [4.78, 5) is 32.0. The van der Waals surface area contributed by atoms with Gasteiger partial charge in [-0.3, -0.25) is 19.4 Å². The number of nitrogens with zero attached hydrogens (tertiary/aromatic N) is 2. The minimum atomic E-state index is -0.330. The van der Waals surface area contributed by atoms with Gasteiger partial charge in [0.1, 0.15) is 5.75 Å². The second kappa shape index (κ2) is 13.8. The molecular formula is C37H46N2O5. The molecular weight excluding hydrogens is 552 g/mol. The van der Waals surface area contributed by atoms with Crippen LogP contribution in [0.2, 0.25) is 0 Å². The second-order valence-corrected chi connectivity index (χ2v) is 13.0. The van der Waals surface area contributed by atoms with Crippen molar-refractivity contribution in [2.45, 2.75) is 70.6 Å². The number of benzene rings is 2. The zero-order valence-corrected chi connectivity index (χ0v) is 26.1. The zero-order valence-electron chi connectivity index (χ0n) is 26.1. The average Bonchev–Trinajstić information content (AvgIpc) is 3.55. The topological polar surface area (TPSA) is 79.3 Å². The number of likely N-dealkylation sites (tertiary alicyclic amines) is 2. The number of amides is 2. The van der Waals surface area contributed by atoms with E-state index in [-0.39, 0.29) is 47.5 Å². The predicted octanol–water partition coefficient (Wildman–Crippen LogP) is 5.98. The lowest BCUT2D eigenvalue weighted by Gasteiger charge is -2.36. The molecule has 4 aliphatic rings. The Morgan fingerprint density at radius 2 is 1.82 bits per heavy atom. The van der Waals surface area contributed by atoms with E-state index in [1.165, 1.54) is 16.7 Å². The number of aromatic hydroxyl groups is 1. The Labute approximate surface area is 261 Å². The summed E-state index contributed by atoms with van der Waals surface area (Å²) in [5.41, 5.74) is 5.98. The van der Waals surface area contributed by atoms with Crippen molar-refractivity contribution in [2.75, 3.05) is 33.4 Å². The third-order valence-electron chi connectivity index (χ3n) is 10.1. The molecule has 3 fully saturated rings. The smallest absolute Gasteiger partial charge is 0.234 e. The number of carbonyl (C=O) groups is 2. The van der Waals surface area contributed by atoms with Crippen molar-refractivity contribution in [1.29, 1.82) is 0 Å². The van der Waals surface area contributed by atoms with E-state index in [2.05, 4.69) is 42.2 Å². The van der Waals surface area contributed by atoms with Gasteiger partial charge in [-0.1, -0.05) is 67.5 Å². The van der Waals surface area contributed by atoms with Gasteiger partial charge >= 0.3 is 0 Å². The van der Waals surface area contributed by atoms with E-state index in [1.54, 1.807) is 24.1 Å². The Hall–Kier alpha value is -3.26. The fourth-order valence-electron chi connectivity index (χ4n) is 8.10. The average molecular weight is 599 g/mol. The molecule has 4 atom stereocenters. The van der Waals surface area contributed by atoms with Crippen molar-refractivity contribution in [2.24, 2.45) is 17.8 Å². The molecule has 2 aromatic carbocycles. The highest BCUT2D eigenvalue weighted by Gasteiger charge is 2.58. The van der Waals surface area contributed by atoms with Gasteiger partial charge in [-0.15, -0.1) is 0 Å². The number of rotatable bonds is 11. The highest BCUT2D eigenvalue weighted by Crippen LogP contribution is 2.50. The fraction of sp³-hybridized carbons (Fsp3) is 0.514. The zero-order chi connectivity index (χ0) is 30.6. The minimum Gasteiger partial charge on any atom is -0.508 e. The molecule has 0 radical (unpaired) electrons. The van der Waals surface area contributed by atoms with E-state index in [0.29, 0.717) is 19.6 Å². The Bertz CT molecular complexity index is 1390. The molecule has 0 saturated carbocycles. The second-order valence-electron chi connectivity index (χ2n) is 13.0. The third kappa shape index (κ3) is 6.42. The lowest BCUT2D eigenvalue weighted by Crippen LogP contribution is -2.47. The van der Waals surface area contributed by atoms with Gasteiger partial charge < -0.3 is 14.6 Å². The molecule has 7 nitrogen and oxygen atoms in total. The van der Waals surface area contributed by atoms with Crippen LogP contribution in [0, 0.1) is 17.8 Å². The number of hydrogen-bond acceptors (Lipinski definition) is 6. The number of piperidine rings is 1. The summed E-state index contributed by atoms with van der Waals surface area (Å²) >= 11 is 0. The molecule has 44 heavy (non-hydrogen) atoms. The number of carbonyl (C=O) groups excluding carboxylic acids is 2. The molecule has 0 spiro atoms. The van der Waals surface area contributed by atoms with Crippen molar-refractivity contribution in [1.82, 2.24) is 9.80 Å². The third-order valence-corrected chi connectivity index (χ3v) is 10.1.